The van der Waals surface area contributed by atoms with Gasteiger partial charge >= 0.3 is 0 Å². The molecule has 1 aliphatic rings. The summed E-state index contributed by atoms with van der Waals surface area (Å²) < 4.78 is 40.4. The summed E-state index contributed by atoms with van der Waals surface area (Å²) >= 11 is 0. The minimum absolute atomic E-state index is 0. The summed E-state index contributed by atoms with van der Waals surface area (Å²) in [6, 6.07) is 1.35. The van der Waals surface area contributed by atoms with E-state index < -0.39 is 40.4 Å². The third-order valence-corrected chi connectivity index (χ3v) is 3.28. The number of halogens is 4. The van der Waals surface area contributed by atoms with Crippen LogP contribution in [0.15, 0.2) is 12.1 Å². The molecule has 7 heteroatoms. The Morgan fingerprint density at radius 3 is 2.47 bits per heavy atom. The Morgan fingerprint density at radius 2 is 1.84 bits per heavy atom. The molecule has 0 saturated heterocycles. The summed E-state index contributed by atoms with van der Waals surface area (Å²) in [6.45, 7) is 0. The number of nitrogens with two attached hydrogens (primary N) is 1. The molecule has 0 aromatic heterocycles. The molecule has 0 spiro atoms. The van der Waals surface area contributed by atoms with E-state index in [2.05, 4.69) is 0 Å². The predicted octanol–water partition coefficient (Wildman–Crippen LogP) is 1.79. The van der Waals surface area contributed by atoms with Crippen LogP contribution in [0.5, 0.6) is 0 Å². The van der Waals surface area contributed by atoms with Gasteiger partial charge in [0.2, 0.25) is 0 Å². The lowest BCUT2D eigenvalue weighted by molar-refractivity contribution is -0.136. The highest BCUT2D eigenvalue weighted by Gasteiger charge is 2.46. The first-order chi connectivity index (χ1) is 8.38. The van der Waals surface area contributed by atoms with Crippen LogP contribution in [-0.4, -0.2) is 17.0 Å². The van der Waals surface area contributed by atoms with Crippen molar-refractivity contribution in [3.8, 4) is 0 Å². The first kappa shape index (κ1) is 15.9. The first-order valence-corrected chi connectivity index (χ1v) is 5.53. The maximum atomic E-state index is 13.7. The van der Waals surface area contributed by atoms with E-state index in [-0.39, 0.29) is 25.2 Å². The van der Waals surface area contributed by atoms with E-state index in [1.54, 1.807) is 0 Å². The quantitative estimate of drug-likeness (QED) is 0.777. The molecule has 2 atom stereocenters. The summed E-state index contributed by atoms with van der Waals surface area (Å²) in [5, 5.41) is 9.46. The van der Waals surface area contributed by atoms with Crippen molar-refractivity contribution in [2.75, 3.05) is 0 Å². The maximum absolute atomic E-state index is 13.7. The van der Waals surface area contributed by atoms with E-state index in [1.165, 1.54) is 0 Å². The molecule has 1 aromatic carbocycles. The van der Waals surface area contributed by atoms with Crippen LogP contribution in [0.2, 0.25) is 0 Å². The lowest BCUT2D eigenvalue weighted by Gasteiger charge is -2.35. The van der Waals surface area contributed by atoms with E-state index in [0.717, 1.165) is 6.07 Å². The van der Waals surface area contributed by atoms with Gasteiger partial charge in [0.25, 0.3) is 0 Å². The second-order valence-corrected chi connectivity index (χ2v) is 4.46. The number of carbonyl (C=O) groups excluding carboxylic acids is 1. The van der Waals surface area contributed by atoms with Crippen molar-refractivity contribution in [3.05, 3.63) is 35.1 Å². The molecule has 3 N–H and O–H groups in total. The molecule has 0 heterocycles. The average Bonchev–Trinajstić information content (AvgIpc) is 2.31. The zero-order chi connectivity index (χ0) is 13.5. The molecule has 3 nitrogen and oxygen atoms in total. The van der Waals surface area contributed by atoms with Gasteiger partial charge in [-0.05, 0) is 31.4 Å². The van der Waals surface area contributed by atoms with Crippen LogP contribution < -0.4 is 5.73 Å². The van der Waals surface area contributed by atoms with Gasteiger partial charge in [-0.1, -0.05) is 0 Å². The number of hydrogen-bond acceptors (Lipinski definition) is 3. The highest BCUT2D eigenvalue weighted by atomic mass is 35.5. The Kier molecular flexibility index (Phi) is 4.60. The Morgan fingerprint density at radius 1 is 1.26 bits per heavy atom. The fraction of sp³-hybridized carbons (Fsp3) is 0.417. The Labute approximate surface area is 114 Å². The molecule has 0 radical (unpaired) electrons. The molecule has 0 aliphatic heterocycles. The predicted molar refractivity (Wildman–Crippen MR) is 64.3 cm³/mol. The van der Waals surface area contributed by atoms with Crippen LogP contribution in [0.25, 0.3) is 0 Å². The largest absolute Gasteiger partial charge is 0.385 e. The summed E-state index contributed by atoms with van der Waals surface area (Å²) in [7, 11) is 0. The molecular weight excluding hydrogens is 283 g/mol. The van der Waals surface area contributed by atoms with Crippen LogP contribution in [0.4, 0.5) is 13.2 Å². The number of Topliss-reactive ketones (excluding diaryl/α,β-unsaturated/α-hetero) is 1. The van der Waals surface area contributed by atoms with Crippen LogP contribution >= 0.6 is 12.4 Å². The lowest BCUT2D eigenvalue weighted by Crippen LogP contribution is -2.53. The number of aliphatic hydroxyl groups is 1. The van der Waals surface area contributed by atoms with Crippen LogP contribution in [0.3, 0.4) is 0 Å². The maximum Gasteiger partial charge on any atom is 0.185 e. The number of aliphatic hydroxyl groups excluding tert-OH is 1. The number of carbonyl (C=O) groups is 1. The number of benzene rings is 1. The average molecular weight is 296 g/mol. The molecule has 2 rings (SSSR count). The Hall–Kier alpha value is -1.11. The molecule has 1 aliphatic carbocycles. The van der Waals surface area contributed by atoms with E-state index in [4.69, 9.17) is 5.73 Å². The summed E-state index contributed by atoms with van der Waals surface area (Å²) in [5.41, 5.74) is 2.92. The molecule has 0 amide bonds. The normalized spacial score (nSPS) is 27.0. The first-order valence-electron chi connectivity index (χ1n) is 5.53. The SMILES string of the molecule is Cl.NC1(c2c(F)ccc(F)c2F)CCCC(O)C1=O. The topological polar surface area (TPSA) is 63.3 Å². The Balaban J connectivity index is 0.00000180. The summed E-state index contributed by atoms with van der Waals surface area (Å²) in [5.74, 6) is -4.71. The van der Waals surface area contributed by atoms with Gasteiger partial charge in [0, 0.05) is 0 Å². The molecule has 2 unspecified atom stereocenters. The van der Waals surface area contributed by atoms with Gasteiger partial charge in [-0.15, -0.1) is 12.4 Å². The lowest BCUT2D eigenvalue weighted by atomic mass is 9.74. The van der Waals surface area contributed by atoms with E-state index in [1.807, 2.05) is 0 Å². The fourth-order valence-electron chi connectivity index (χ4n) is 2.31. The van der Waals surface area contributed by atoms with Crippen molar-refractivity contribution in [1.29, 1.82) is 0 Å². The van der Waals surface area contributed by atoms with Crippen LogP contribution in [0, 0.1) is 17.5 Å². The van der Waals surface area contributed by atoms with Crippen molar-refractivity contribution < 1.29 is 23.1 Å². The zero-order valence-electron chi connectivity index (χ0n) is 9.83. The minimum atomic E-state index is -2.01. The second kappa shape index (κ2) is 5.48. The van der Waals surface area contributed by atoms with E-state index in [0.29, 0.717) is 12.5 Å². The number of rotatable bonds is 1. The molecule has 19 heavy (non-hydrogen) atoms. The van der Waals surface area contributed by atoms with E-state index in [9.17, 15) is 23.1 Å². The van der Waals surface area contributed by atoms with Crippen LogP contribution in [-0.2, 0) is 10.3 Å². The van der Waals surface area contributed by atoms with Gasteiger partial charge in [0.05, 0.1) is 5.56 Å². The van der Waals surface area contributed by atoms with Crippen molar-refractivity contribution in [3.63, 3.8) is 0 Å². The van der Waals surface area contributed by atoms with Gasteiger partial charge < -0.3 is 10.8 Å². The highest BCUT2D eigenvalue weighted by molar-refractivity contribution is 5.93. The molecular formula is C12H13ClF3NO2. The molecule has 1 aromatic rings. The van der Waals surface area contributed by atoms with Gasteiger partial charge in [-0.2, -0.15) is 0 Å². The summed E-state index contributed by atoms with van der Waals surface area (Å²) in [4.78, 5) is 11.8. The van der Waals surface area contributed by atoms with Gasteiger partial charge in [0.1, 0.15) is 17.5 Å². The summed E-state index contributed by atoms with van der Waals surface area (Å²) in [6.07, 6.45) is -0.874. The number of hydrogen-bond donors (Lipinski definition) is 2. The fourth-order valence-corrected chi connectivity index (χ4v) is 2.31. The van der Waals surface area contributed by atoms with Crippen molar-refractivity contribution in [1.82, 2.24) is 0 Å². The van der Waals surface area contributed by atoms with Gasteiger partial charge in [-0.25, -0.2) is 13.2 Å². The van der Waals surface area contributed by atoms with E-state index >= 15 is 0 Å². The monoisotopic (exact) mass is 295 g/mol. The molecule has 106 valence electrons. The van der Waals surface area contributed by atoms with Crippen molar-refractivity contribution in [2.24, 2.45) is 5.73 Å². The Bertz CT molecular complexity index is 512. The van der Waals surface area contributed by atoms with Crippen LogP contribution in [0.1, 0.15) is 24.8 Å². The number of ketones is 1. The third kappa shape index (κ3) is 2.48. The third-order valence-electron chi connectivity index (χ3n) is 3.28. The van der Waals surface area contributed by atoms with Crippen molar-refractivity contribution >= 4 is 18.2 Å². The van der Waals surface area contributed by atoms with Gasteiger partial charge in [-0.3, -0.25) is 4.79 Å². The van der Waals surface area contributed by atoms with Crippen molar-refractivity contribution in [2.45, 2.75) is 30.9 Å². The standard InChI is InChI=1S/C12H12F3NO2.ClH/c13-6-3-4-7(14)10(15)9(6)12(16)5-1-2-8(17)11(12)18;/h3-4,8,17H,1-2,5,16H2;1H. The molecule has 0 bridgehead atoms. The zero-order valence-corrected chi connectivity index (χ0v) is 10.6. The smallest absolute Gasteiger partial charge is 0.185 e. The highest BCUT2D eigenvalue weighted by Crippen LogP contribution is 2.35. The van der Waals surface area contributed by atoms with Gasteiger partial charge in [0.15, 0.2) is 17.4 Å². The second-order valence-electron chi connectivity index (χ2n) is 4.46. The molecule has 1 saturated carbocycles. The molecule has 1 fully saturated rings. The minimum Gasteiger partial charge on any atom is -0.385 e.